The molecule has 1 N–H and O–H groups in total. The summed E-state index contributed by atoms with van der Waals surface area (Å²) in [6, 6.07) is 4.82. The molecule has 1 saturated heterocycles. The predicted molar refractivity (Wildman–Crippen MR) is 84.7 cm³/mol. The van der Waals surface area contributed by atoms with Crippen molar-refractivity contribution >= 4 is 11.9 Å². The highest BCUT2D eigenvalue weighted by Crippen LogP contribution is 2.45. The van der Waals surface area contributed by atoms with Gasteiger partial charge in [-0.1, -0.05) is 25.5 Å². The molecule has 1 aromatic carbocycles. The smallest absolute Gasteiger partial charge is 0.309 e. The highest BCUT2D eigenvalue weighted by molar-refractivity contribution is 5.87. The maximum Gasteiger partial charge on any atom is 0.309 e. The van der Waals surface area contributed by atoms with Crippen LogP contribution in [-0.2, 0) is 9.59 Å². The van der Waals surface area contributed by atoms with Crippen LogP contribution in [0.15, 0.2) is 18.2 Å². The number of aliphatic carboxylic acids is 1. The summed E-state index contributed by atoms with van der Waals surface area (Å²) in [7, 11) is 3.05. The summed E-state index contributed by atoms with van der Waals surface area (Å²) in [6.07, 6.45) is 1.79. The standard InChI is InChI=1S/C17H23NO5/c1-4-5-9-18-14(19)10-12(17(20)21)15(18)11-7-6-8-13(22-2)16(11)23-3/h6-8,12,15H,4-5,9-10H2,1-3H3,(H,20,21)/t12-,15+/m0/s1. The molecule has 1 aliphatic rings. The van der Waals surface area contributed by atoms with Crippen LogP contribution in [0.4, 0.5) is 0 Å². The van der Waals surface area contributed by atoms with Crippen molar-refractivity contribution in [2.45, 2.75) is 32.2 Å². The Bertz CT molecular complexity index is 586. The number of methoxy groups -OCH3 is 2. The van der Waals surface area contributed by atoms with Crippen molar-refractivity contribution in [3.05, 3.63) is 23.8 Å². The lowest BCUT2D eigenvalue weighted by Crippen LogP contribution is -2.31. The minimum absolute atomic E-state index is 0.0179. The van der Waals surface area contributed by atoms with Gasteiger partial charge in [-0.2, -0.15) is 0 Å². The van der Waals surface area contributed by atoms with Gasteiger partial charge in [-0.15, -0.1) is 0 Å². The molecule has 1 amide bonds. The van der Waals surface area contributed by atoms with Crippen LogP contribution in [0.3, 0.4) is 0 Å². The second kappa shape index (κ2) is 7.35. The van der Waals surface area contributed by atoms with E-state index in [2.05, 4.69) is 0 Å². The largest absolute Gasteiger partial charge is 0.493 e. The van der Waals surface area contributed by atoms with Gasteiger partial charge in [0, 0.05) is 18.5 Å². The number of carboxylic acids is 1. The number of hydrogen-bond donors (Lipinski definition) is 1. The fourth-order valence-electron chi connectivity index (χ4n) is 3.13. The van der Waals surface area contributed by atoms with Crippen LogP contribution in [0.25, 0.3) is 0 Å². The number of ether oxygens (including phenoxy) is 2. The first-order valence-corrected chi connectivity index (χ1v) is 7.78. The Labute approximate surface area is 136 Å². The fraction of sp³-hybridized carbons (Fsp3) is 0.529. The topological polar surface area (TPSA) is 76.1 Å². The SMILES string of the molecule is CCCCN1C(=O)C[C@H](C(=O)O)[C@H]1c1cccc(OC)c1OC. The third kappa shape index (κ3) is 3.25. The van der Waals surface area contributed by atoms with E-state index in [1.807, 2.05) is 6.92 Å². The molecular weight excluding hydrogens is 298 g/mol. The Balaban J connectivity index is 2.50. The van der Waals surface area contributed by atoms with Gasteiger partial charge in [-0.25, -0.2) is 0 Å². The van der Waals surface area contributed by atoms with E-state index in [0.717, 1.165) is 12.8 Å². The summed E-state index contributed by atoms with van der Waals surface area (Å²) >= 11 is 0. The molecule has 0 aliphatic carbocycles. The quantitative estimate of drug-likeness (QED) is 0.835. The third-order valence-electron chi connectivity index (χ3n) is 4.25. The maximum absolute atomic E-state index is 12.3. The number of rotatable bonds is 7. The summed E-state index contributed by atoms with van der Waals surface area (Å²) in [5.74, 6) is -0.848. The number of carbonyl (C=O) groups is 2. The van der Waals surface area contributed by atoms with Gasteiger partial charge in [0.25, 0.3) is 0 Å². The molecule has 2 atom stereocenters. The van der Waals surface area contributed by atoms with Gasteiger partial charge in [0.15, 0.2) is 11.5 Å². The molecule has 0 radical (unpaired) electrons. The molecular formula is C17H23NO5. The number of benzene rings is 1. The van der Waals surface area contributed by atoms with Gasteiger partial charge < -0.3 is 19.5 Å². The molecule has 1 aromatic rings. The number of carbonyl (C=O) groups excluding carboxylic acids is 1. The zero-order chi connectivity index (χ0) is 17.0. The zero-order valence-corrected chi connectivity index (χ0v) is 13.7. The average molecular weight is 321 g/mol. The van der Waals surface area contributed by atoms with Crippen LogP contribution >= 0.6 is 0 Å². The van der Waals surface area contributed by atoms with Crippen molar-refractivity contribution < 1.29 is 24.2 Å². The molecule has 1 aliphatic heterocycles. The fourth-order valence-corrected chi connectivity index (χ4v) is 3.13. The molecule has 0 spiro atoms. The van der Waals surface area contributed by atoms with Crippen LogP contribution < -0.4 is 9.47 Å². The molecule has 0 aromatic heterocycles. The lowest BCUT2D eigenvalue weighted by Gasteiger charge is -2.29. The lowest BCUT2D eigenvalue weighted by atomic mass is 9.92. The second-order valence-electron chi connectivity index (χ2n) is 5.62. The minimum Gasteiger partial charge on any atom is -0.493 e. The third-order valence-corrected chi connectivity index (χ3v) is 4.25. The van der Waals surface area contributed by atoms with E-state index in [-0.39, 0.29) is 12.3 Å². The van der Waals surface area contributed by atoms with Crippen LogP contribution in [-0.4, -0.2) is 42.6 Å². The average Bonchev–Trinajstić information content (AvgIpc) is 2.88. The number of likely N-dealkylation sites (tertiary alicyclic amines) is 1. The summed E-state index contributed by atoms with van der Waals surface area (Å²) in [6.45, 7) is 2.58. The van der Waals surface area contributed by atoms with Gasteiger partial charge in [-0.05, 0) is 12.5 Å². The van der Waals surface area contributed by atoms with E-state index in [4.69, 9.17) is 9.47 Å². The molecule has 1 heterocycles. The summed E-state index contributed by atoms with van der Waals surface area (Å²) in [5, 5.41) is 9.55. The first-order chi connectivity index (χ1) is 11.0. The van der Waals surface area contributed by atoms with Crippen molar-refractivity contribution in [1.82, 2.24) is 4.90 Å². The predicted octanol–water partition coefficient (Wildman–Crippen LogP) is 2.48. The van der Waals surface area contributed by atoms with E-state index in [1.54, 1.807) is 23.1 Å². The van der Waals surface area contributed by atoms with Crippen molar-refractivity contribution in [1.29, 1.82) is 0 Å². The van der Waals surface area contributed by atoms with E-state index < -0.39 is 17.9 Å². The number of hydrogen-bond acceptors (Lipinski definition) is 4. The Kier molecular flexibility index (Phi) is 5.47. The molecule has 6 nitrogen and oxygen atoms in total. The summed E-state index contributed by atoms with van der Waals surface area (Å²) in [5.41, 5.74) is 0.682. The lowest BCUT2D eigenvalue weighted by molar-refractivity contribution is -0.142. The second-order valence-corrected chi connectivity index (χ2v) is 5.62. The highest BCUT2D eigenvalue weighted by atomic mass is 16.5. The Hall–Kier alpha value is -2.24. The Morgan fingerprint density at radius 3 is 2.65 bits per heavy atom. The first kappa shape index (κ1) is 17.1. The van der Waals surface area contributed by atoms with Gasteiger partial charge in [0.2, 0.25) is 5.91 Å². The van der Waals surface area contributed by atoms with Crippen molar-refractivity contribution in [3.63, 3.8) is 0 Å². The summed E-state index contributed by atoms with van der Waals surface area (Å²) in [4.78, 5) is 25.6. The van der Waals surface area contributed by atoms with Crippen LogP contribution in [0, 0.1) is 5.92 Å². The Morgan fingerprint density at radius 1 is 1.35 bits per heavy atom. The number of para-hydroxylation sites is 1. The molecule has 2 rings (SSSR count). The highest BCUT2D eigenvalue weighted by Gasteiger charge is 2.45. The van der Waals surface area contributed by atoms with E-state index in [0.29, 0.717) is 23.6 Å². The molecule has 6 heteroatoms. The van der Waals surface area contributed by atoms with E-state index in [1.165, 1.54) is 14.2 Å². The van der Waals surface area contributed by atoms with Crippen molar-refractivity contribution in [2.24, 2.45) is 5.92 Å². The molecule has 0 saturated carbocycles. The Morgan fingerprint density at radius 2 is 2.09 bits per heavy atom. The van der Waals surface area contributed by atoms with E-state index >= 15 is 0 Å². The number of nitrogens with zero attached hydrogens (tertiary/aromatic N) is 1. The number of amides is 1. The van der Waals surface area contributed by atoms with Crippen LogP contribution in [0.2, 0.25) is 0 Å². The van der Waals surface area contributed by atoms with Crippen molar-refractivity contribution in [2.75, 3.05) is 20.8 Å². The first-order valence-electron chi connectivity index (χ1n) is 7.78. The normalized spacial score (nSPS) is 20.7. The molecule has 0 bridgehead atoms. The van der Waals surface area contributed by atoms with Crippen LogP contribution in [0.5, 0.6) is 11.5 Å². The monoisotopic (exact) mass is 321 g/mol. The van der Waals surface area contributed by atoms with Gasteiger partial charge >= 0.3 is 5.97 Å². The molecule has 126 valence electrons. The maximum atomic E-state index is 12.3. The minimum atomic E-state index is -0.966. The van der Waals surface area contributed by atoms with E-state index in [9.17, 15) is 14.7 Å². The van der Waals surface area contributed by atoms with Crippen molar-refractivity contribution in [3.8, 4) is 11.5 Å². The zero-order valence-electron chi connectivity index (χ0n) is 13.7. The van der Waals surface area contributed by atoms with Gasteiger partial charge in [0.05, 0.1) is 26.2 Å². The van der Waals surface area contributed by atoms with Crippen LogP contribution in [0.1, 0.15) is 37.8 Å². The van der Waals surface area contributed by atoms with Gasteiger partial charge in [0.1, 0.15) is 0 Å². The van der Waals surface area contributed by atoms with Gasteiger partial charge in [-0.3, -0.25) is 9.59 Å². The molecule has 23 heavy (non-hydrogen) atoms. The number of unbranched alkanes of at least 4 members (excludes halogenated alkanes) is 1. The summed E-state index contributed by atoms with van der Waals surface area (Å²) < 4.78 is 10.7. The molecule has 0 unspecified atom stereocenters. The number of carboxylic acid groups (broad SMARTS) is 1. The molecule has 1 fully saturated rings.